The number of hydrogen-bond donors (Lipinski definition) is 2. The van der Waals surface area contributed by atoms with E-state index in [-0.39, 0.29) is 0 Å². The molecule has 0 aliphatic carbocycles. The van der Waals surface area contributed by atoms with Crippen LogP contribution >= 0.6 is 0 Å². The van der Waals surface area contributed by atoms with E-state index in [0.29, 0.717) is 41.1 Å². The van der Waals surface area contributed by atoms with Crippen LogP contribution in [0.25, 0.3) is 10.9 Å². The molecule has 0 fully saturated rings. The van der Waals surface area contributed by atoms with Crippen LogP contribution in [0.4, 0.5) is 11.5 Å². The smallest absolute Gasteiger partial charge is 0.261 e. The lowest BCUT2D eigenvalue weighted by Crippen LogP contribution is -2.48. The highest BCUT2D eigenvalue weighted by Gasteiger charge is 2.36. The number of fused-ring (bicyclic) bond motifs is 1. The van der Waals surface area contributed by atoms with Crippen molar-refractivity contribution in [2.75, 3.05) is 19.5 Å². The first-order valence-electron chi connectivity index (χ1n) is 9.69. The summed E-state index contributed by atoms with van der Waals surface area (Å²) < 4.78 is 16.9. The lowest BCUT2D eigenvalue weighted by molar-refractivity contribution is -0.134. The van der Waals surface area contributed by atoms with Gasteiger partial charge in [0.05, 0.1) is 19.7 Å². The number of hydrogen-bond acceptors (Lipinski definition) is 7. The largest absolute Gasteiger partial charge is 0.497 e. The second-order valence-electron chi connectivity index (χ2n) is 6.77. The van der Waals surface area contributed by atoms with Crippen LogP contribution in [0.5, 0.6) is 17.2 Å². The molecule has 8 heteroatoms. The summed E-state index contributed by atoms with van der Waals surface area (Å²) in [5, 5.41) is 3.99. The number of amides is 1. The van der Waals surface area contributed by atoms with Crippen molar-refractivity contribution in [2.24, 2.45) is 5.73 Å². The summed E-state index contributed by atoms with van der Waals surface area (Å²) in [6.45, 7) is 3.72. The number of anilines is 2. The normalized spacial score (nSPS) is 11.2. The molecule has 0 aliphatic rings. The molecule has 0 spiro atoms. The third-order valence-corrected chi connectivity index (χ3v) is 5.15. The number of aromatic nitrogens is 2. The van der Waals surface area contributed by atoms with Crippen molar-refractivity contribution in [3.05, 3.63) is 42.7 Å². The van der Waals surface area contributed by atoms with Crippen LogP contribution in [-0.2, 0) is 4.79 Å². The van der Waals surface area contributed by atoms with Crippen LogP contribution in [-0.4, -0.2) is 35.7 Å². The lowest BCUT2D eigenvalue weighted by Gasteiger charge is -2.30. The zero-order valence-electron chi connectivity index (χ0n) is 17.6. The molecular weight excluding hydrogens is 384 g/mol. The number of primary amides is 1. The van der Waals surface area contributed by atoms with E-state index < -0.39 is 11.5 Å². The first-order valence-corrected chi connectivity index (χ1v) is 9.69. The van der Waals surface area contributed by atoms with Crippen LogP contribution in [0.1, 0.15) is 26.7 Å². The van der Waals surface area contributed by atoms with Gasteiger partial charge >= 0.3 is 0 Å². The molecule has 0 unspecified atom stereocenters. The van der Waals surface area contributed by atoms with Crippen LogP contribution in [0.3, 0.4) is 0 Å². The summed E-state index contributed by atoms with van der Waals surface area (Å²) in [5.74, 6) is 1.64. The molecule has 3 aromatic rings. The highest BCUT2D eigenvalue weighted by Crippen LogP contribution is 2.38. The van der Waals surface area contributed by atoms with Crippen LogP contribution in [0, 0.1) is 0 Å². The fraction of sp³-hybridized carbons (Fsp3) is 0.318. The van der Waals surface area contributed by atoms with Crippen LogP contribution < -0.4 is 25.3 Å². The number of nitrogens with zero attached hydrogens (tertiary/aromatic N) is 2. The molecule has 1 amide bonds. The molecule has 1 aromatic heterocycles. The van der Waals surface area contributed by atoms with Crippen molar-refractivity contribution >= 4 is 28.3 Å². The number of ether oxygens (including phenoxy) is 3. The predicted molar refractivity (Wildman–Crippen MR) is 116 cm³/mol. The van der Waals surface area contributed by atoms with Gasteiger partial charge in [0.1, 0.15) is 17.9 Å². The molecule has 0 aliphatic heterocycles. The van der Waals surface area contributed by atoms with E-state index >= 15 is 0 Å². The topological polar surface area (TPSA) is 109 Å². The first-order chi connectivity index (χ1) is 14.5. The number of nitrogens with one attached hydrogen (secondary N) is 1. The van der Waals surface area contributed by atoms with Gasteiger partial charge in [-0.2, -0.15) is 0 Å². The highest BCUT2D eigenvalue weighted by atomic mass is 16.5. The average Bonchev–Trinajstić information content (AvgIpc) is 2.77. The van der Waals surface area contributed by atoms with E-state index in [4.69, 9.17) is 19.9 Å². The van der Waals surface area contributed by atoms with Gasteiger partial charge in [-0.15, -0.1) is 0 Å². The van der Waals surface area contributed by atoms with Crippen molar-refractivity contribution in [1.82, 2.24) is 9.97 Å². The Bertz CT molecular complexity index is 1050. The Morgan fingerprint density at radius 1 is 1.07 bits per heavy atom. The van der Waals surface area contributed by atoms with Crippen molar-refractivity contribution < 1.29 is 19.0 Å². The van der Waals surface area contributed by atoms with Gasteiger partial charge in [-0.1, -0.05) is 19.9 Å². The van der Waals surface area contributed by atoms with Crippen LogP contribution in [0.2, 0.25) is 0 Å². The fourth-order valence-electron chi connectivity index (χ4n) is 3.24. The van der Waals surface area contributed by atoms with Crippen molar-refractivity contribution in [3.8, 4) is 17.2 Å². The lowest BCUT2D eigenvalue weighted by atomic mass is 9.96. The van der Waals surface area contributed by atoms with E-state index in [1.54, 1.807) is 19.2 Å². The van der Waals surface area contributed by atoms with Gasteiger partial charge in [0.2, 0.25) is 0 Å². The number of nitrogens with two attached hydrogens (primary N) is 1. The number of rotatable bonds is 9. The van der Waals surface area contributed by atoms with E-state index in [1.165, 1.54) is 13.4 Å². The Labute approximate surface area is 175 Å². The third kappa shape index (κ3) is 4.07. The summed E-state index contributed by atoms with van der Waals surface area (Å²) in [4.78, 5) is 20.8. The Morgan fingerprint density at radius 3 is 2.47 bits per heavy atom. The Morgan fingerprint density at radius 2 is 1.83 bits per heavy atom. The molecule has 1 heterocycles. The number of methoxy groups -OCH3 is 2. The van der Waals surface area contributed by atoms with E-state index in [0.717, 1.165) is 11.4 Å². The van der Waals surface area contributed by atoms with E-state index in [9.17, 15) is 4.79 Å². The molecule has 0 atom stereocenters. The third-order valence-electron chi connectivity index (χ3n) is 5.15. The number of carbonyl (C=O) groups excluding carboxylic acids is 1. The molecule has 3 rings (SSSR count). The van der Waals surface area contributed by atoms with Crippen molar-refractivity contribution in [1.29, 1.82) is 0 Å². The summed E-state index contributed by atoms with van der Waals surface area (Å²) >= 11 is 0. The van der Waals surface area contributed by atoms with E-state index in [2.05, 4.69) is 15.3 Å². The SMILES string of the molecule is CCC(CC)(Oc1cc2c(Nc3cccc(OC)c3)ncnc2cc1OC)C(N)=O. The minimum absolute atomic E-state index is 0.399. The van der Waals surface area contributed by atoms with Gasteiger partial charge in [0, 0.05) is 23.2 Å². The average molecular weight is 410 g/mol. The zero-order valence-corrected chi connectivity index (χ0v) is 17.6. The van der Waals surface area contributed by atoms with Gasteiger partial charge in [-0.3, -0.25) is 4.79 Å². The standard InChI is InChI=1S/C22H26N4O4/c1-5-22(6-2,21(23)27)30-19-11-16-17(12-18(19)29-4)24-13-25-20(16)26-14-8-7-9-15(10-14)28-3/h7-13H,5-6H2,1-4H3,(H2,23,27)(H,24,25,26). The van der Waals surface area contributed by atoms with Gasteiger partial charge < -0.3 is 25.3 Å². The molecule has 0 saturated carbocycles. The summed E-state index contributed by atoms with van der Waals surface area (Å²) in [5.41, 5.74) is 5.99. The monoisotopic (exact) mass is 410 g/mol. The maximum atomic E-state index is 12.1. The second-order valence-corrected chi connectivity index (χ2v) is 6.77. The zero-order chi connectivity index (χ0) is 21.7. The number of carbonyl (C=O) groups is 1. The Balaban J connectivity index is 2.08. The Kier molecular flexibility index (Phi) is 6.25. The number of benzene rings is 2. The van der Waals surface area contributed by atoms with Crippen molar-refractivity contribution in [2.45, 2.75) is 32.3 Å². The predicted octanol–water partition coefficient (Wildman–Crippen LogP) is 3.81. The van der Waals surface area contributed by atoms with Crippen LogP contribution in [0.15, 0.2) is 42.7 Å². The van der Waals surface area contributed by atoms with Gasteiger partial charge in [0.25, 0.3) is 5.91 Å². The summed E-state index contributed by atoms with van der Waals surface area (Å²) in [6.07, 6.45) is 2.33. The molecule has 0 saturated heterocycles. The fourth-order valence-corrected chi connectivity index (χ4v) is 3.24. The maximum Gasteiger partial charge on any atom is 0.261 e. The van der Waals surface area contributed by atoms with E-state index in [1.807, 2.05) is 38.1 Å². The molecule has 2 aromatic carbocycles. The first kappa shape index (κ1) is 21.2. The molecule has 30 heavy (non-hydrogen) atoms. The minimum Gasteiger partial charge on any atom is -0.497 e. The minimum atomic E-state index is -1.13. The highest BCUT2D eigenvalue weighted by molar-refractivity contribution is 5.93. The molecule has 8 nitrogen and oxygen atoms in total. The molecule has 0 bridgehead atoms. The summed E-state index contributed by atoms with van der Waals surface area (Å²) in [7, 11) is 3.15. The molecule has 3 N–H and O–H groups in total. The van der Waals surface area contributed by atoms with Crippen molar-refractivity contribution in [3.63, 3.8) is 0 Å². The van der Waals surface area contributed by atoms with Gasteiger partial charge in [0.15, 0.2) is 17.1 Å². The van der Waals surface area contributed by atoms with Gasteiger partial charge in [-0.05, 0) is 31.0 Å². The Hall–Kier alpha value is -3.55. The maximum absolute atomic E-state index is 12.1. The summed E-state index contributed by atoms with van der Waals surface area (Å²) in [6, 6.07) is 11.0. The molecular formula is C22H26N4O4. The molecule has 158 valence electrons. The van der Waals surface area contributed by atoms with Gasteiger partial charge in [-0.25, -0.2) is 9.97 Å². The quantitative estimate of drug-likeness (QED) is 0.552. The second kappa shape index (κ2) is 8.86. The molecule has 0 radical (unpaired) electrons.